The molecular weight excluding hydrogens is 493 g/mol. The number of rotatable bonds is 3. The van der Waals surface area contributed by atoms with Crippen molar-refractivity contribution in [2.24, 2.45) is 5.41 Å². The van der Waals surface area contributed by atoms with Crippen molar-refractivity contribution >= 4 is 51.1 Å². The Labute approximate surface area is 225 Å². The lowest BCUT2D eigenvalue weighted by Crippen LogP contribution is -2.57. The van der Waals surface area contributed by atoms with Crippen molar-refractivity contribution in [2.45, 2.75) is 27.2 Å². The molecule has 7 rings (SSSR count). The van der Waals surface area contributed by atoms with E-state index in [2.05, 4.69) is 20.8 Å². The van der Waals surface area contributed by atoms with Gasteiger partial charge < -0.3 is 27.1 Å². The molecule has 0 aliphatic carbocycles. The van der Waals surface area contributed by atoms with Gasteiger partial charge in [0.1, 0.15) is 11.5 Å². The van der Waals surface area contributed by atoms with Crippen molar-refractivity contribution in [2.75, 3.05) is 14.2 Å². The number of methoxy groups -OCH3 is 2. The van der Waals surface area contributed by atoms with E-state index in [0.717, 1.165) is 37.7 Å². The number of ether oxygens (including phenoxy) is 2. The Kier molecular flexibility index (Phi) is 4.88. The Hall–Kier alpha value is -4.13. The first-order valence-electron chi connectivity index (χ1n) is 13.2. The molecule has 0 radical (unpaired) electrons. The molecule has 0 amide bonds. The molecular formula is C32H29BF2N2O2. The van der Waals surface area contributed by atoms with Gasteiger partial charge in [-0.1, -0.05) is 39.0 Å². The Bertz CT molecular complexity index is 2030. The van der Waals surface area contributed by atoms with Gasteiger partial charge in [-0.2, -0.15) is 0 Å². The number of hydrogen-bond donors (Lipinski definition) is 0. The van der Waals surface area contributed by atoms with Gasteiger partial charge in [0.2, 0.25) is 0 Å². The monoisotopic (exact) mass is 522 g/mol. The van der Waals surface area contributed by atoms with E-state index in [1.54, 1.807) is 14.2 Å². The van der Waals surface area contributed by atoms with E-state index in [9.17, 15) is 0 Å². The molecule has 0 saturated heterocycles. The van der Waals surface area contributed by atoms with Crippen LogP contribution in [-0.4, -0.2) is 25.7 Å². The zero-order valence-corrected chi connectivity index (χ0v) is 22.7. The van der Waals surface area contributed by atoms with Gasteiger partial charge in [0.15, 0.2) is 11.1 Å². The Morgan fingerprint density at radius 3 is 2.08 bits per heavy atom. The number of benzene rings is 4. The predicted octanol–water partition coefficient (Wildman–Crippen LogP) is 6.33. The number of hydrogen-bond acceptors (Lipinski definition) is 2. The molecule has 39 heavy (non-hydrogen) atoms. The third-order valence-corrected chi connectivity index (χ3v) is 7.99. The molecule has 0 N–H and O–H groups in total. The van der Waals surface area contributed by atoms with E-state index in [4.69, 9.17) is 9.47 Å². The maximum absolute atomic E-state index is 17.2. The Morgan fingerprint density at radius 2 is 1.41 bits per heavy atom. The molecule has 3 heterocycles. The quantitative estimate of drug-likeness (QED) is 0.259. The fraction of sp³-hybridized carbons (Fsp3) is 0.219. The summed E-state index contributed by atoms with van der Waals surface area (Å²) >= 11 is 0. The summed E-state index contributed by atoms with van der Waals surface area (Å²) in [5.74, 6) is 1.40. The van der Waals surface area contributed by atoms with Gasteiger partial charge >= 0.3 is 6.97 Å². The van der Waals surface area contributed by atoms with Gasteiger partial charge in [-0.25, -0.2) is 0 Å². The summed E-state index contributed by atoms with van der Waals surface area (Å²) in [5, 5.41) is 5.47. The Morgan fingerprint density at radius 1 is 0.795 bits per heavy atom. The first-order chi connectivity index (χ1) is 18.6. The van der Waals surface area contributed by atoms with Crippen LogP contribution in [0.15, 0.2) is 72.4 Å². The molecule has 0 fully saturated rings. The average molecular weight is 522 g/mol. The largest absolute Gasteiger partial charge is 0.737 e. The zero-order valence-electron chi connectivity index (χ0n) is 22.7. The molecule has 5 aromatic rings. The zero-order chi connectivity index (χ0) is 27.3. The van der Waals surface area contributed by atoms with Gasteiger partial charge in [0, 0.05) is 38.9 Å². The maximum atomic E-state index is 17.2. The van der Waals surface area contributed by atoms with E-state index < -0.39 is 6.97 Å². The van der Waals surface area contributed by atoms with Gasteiger partial charge in [-0.15, -0.1) is 0 Å². The predicted molar refractivity (Wildman–Crippen MR) is 156 cm³/mol. The summed E-state index contributed by atoms with van der Waals surface area (Å²) in [6, 6.07) is 21.1. The lowest BCUT2D eigenvalue weighted by Gasteiger charge is -2.34. The molecule has 0 bridgehead atoms. The van der Waals surface area contributed by atoms with Crippen LogP contribution in [-0.2, 0) is 0 Å². The van der Waals surface area contributed by atoms with Gasteiger partial charge in [0.25, 0.3) is 0 Å². The standard InChI is InChI=1S/C32H29BF2N2O2/c1-32(2,3)18-27-28-16-21-8-6-19-14-23(38-4)10-12-25(19)30(21)36(28)33(34,35)37-29(27)17-22-9-7-20-15-24(39-5)11-13-26(20)31(22)37/h6-17H,18H2,1-5H3. The van der Waals surface area contributed by atoms with E-state index in [1.807, 2.05) is 72.8 Å². The molecule has 4 aromatic carbocycles. The minimum atomic E-state index is -4.23. The Balaban J connectivity index is 1.66. The van der Waals surface area contributed by atoms with Gasteiger partial charge in [-0.05, 0) is 76.5 Å². The molecule has 7 heteroatoms. The number of allylic oxidation sites excluding steroid dienone is 2. The summed E-state index contributed by atoms with van der Waals surface area (Å²) in [7, 11) is 3.23. The highest BCUT2D eigenvalue weighted by Gasteiger charge is 2.54. The van der Waals surface area contributed by atoms with E-state index in [1.165, 1.54) is 8.96 Å². The third-order valence-electron chi connectivity index (χ3n) is 7.99. The average Bonchev–Trinajstić information content (AvgIpc) is 3.51. The molecule has 2 aliphatic heterocycles. The highest BCUT2D eigenvalue weighted by molar-refractivity contribution is 6.65. The summed E-state index contributed by atoms with van der Waals surface area (Å²) in [6.07, 6.45) is 2.60. The van der Waals surface area contributed by atoms with Crippen molar-refractivity contribution in [1.29, 1.82) is 0 Å². The first kappa shape index (κ1) is 24.0. The van der Waals surface area contributed by atoms with Crippen LogP contribution in [0.2, 0.25) is 0 Å². The number of aromatic nitrogens is 1. The van der Waals surface area contributed by atoms with Crippen molar-refractivity contribution in [3.8, 4) is 11.5 Å². The number of nitrogens with zero attached hydrogens (tertiary/aromatic N) is 2. The van der Waals surface area contributed by atoms with Crippen LogP contribution in [0.25, 0.3) is 44.1 Å². The fourth-order valence-electron chi connectivity index (χ4n) is 6.38. The SMILES string of the molecule is COc1ccc2c3c(ccc2c1)=CC1=C(CC(C)(C)C)c2cc4ccc5cc(OC)ccc5c4n2[B-](F)(F)[N+]=31. The topological polar surface area (TPSA) is 26.4 Å². The van der Waals surface area contributed by atoms with Crippen LogP contribution in [0.4, 0.5) is 8.63 Å². The second kappa shape index (κ2) is 7.95. The lowest BCUT2D eigenvalue weighted by atomic mass is 9.81. The highest BCUT2D eigenvalue weighted by Crippen LogP contribution is 2.44. The summed E-state index contributed by atoms with van der Waals surface area (Å²) in [5.41, 5.74) is 2.56. The van der Waals surface area contributed by atoms with E-state index >= 15 is 8.63 Å². The third kappa shape index (κ3) is 3.38. The molecule has 0 spiro atoms. The van der Waals surface area contributed by atoms with Crippen LogP contribution in [0.1, 0.15) is 32.9 Å². The maximum Gasteiger partial charge on any atom is 0.737 e. The van der Waals surface area contributed by atoms with Gasteiger partial charge in [-0.3, -0.25) is 0 Å². The minimum Gasteiger partial charge on any atom is -0.497 e. The van der Waals surface area contributed by atoms with Crippen LogP contribution >= 0.6 is 0 Å². The van der Waals surface area contributed by atoms with Crippen LogP contribution in [0.5, 0.6) is 11.5 Å². The molecule has 2 aliphatic rings. The van der Waals surface area contributed by atoms with Crippen LogP contribution in [0.3, 0.4) is 0 Å². The molecule has 0 saturated carbocycles. The molecule has 0 atom stereocenters. The van der Waals surface area contributed by atoms with Crippen molar-refractivity contribution < 1.29 is 18.1 Å². The number of fused-ring (bicyclic) bond motifs is 9. The van der Waals surface area contributed by atoms with Crippen molar-refractivity contribution in [1.82, 2.24) is 8.96 Å². The van der Waals surface area contributed by atoms with Crippen LogP contribution in [0, 0.1) is 5.41 Å². The summed E-state index contributed by atoms with van der Waals surface area (Å²) in [4.78, 5) is 0. The molecule has 0 unspecified atom stereocenters. The van der Waals surface area contributed by atoms with Crippen molar-refractivity contribution in [3.05, 3.63) is 88.7 Å². The smallest absolute Gasteiger partial charge is 0.497 e. The summed E-state index contributed by atoms with van der Waals surface area (Å²) in [6.45, 7) is 2.23. The molecule has 4 nitrogen and oxygen atoms in total. The second-order valence-electron chi connectivity index (χ2n) is 11.8. The lowest BCUT2D eigenvalue weighted by molar-refractivity contribution is 0.415. The molecule has 1 aromatic heterocycles. The fourth-order valence-corrected chi connectivity index (χ4v) is 6.38. The van der Waals surface area contributed by atoms with E-state index in [-0.39, 0.29) is 5.41 Å². The van der Waals surface area contributed by atoms with Gasteiger partial charge in [0.05, 0.1) is 14.2 Å². The second-order valence-corrected chi connectivity index (χ2v) is 11.8. The number of halogens is 2. The highest BCUT2D eigenvalue weighted by atomic mass is 19.2. The normalized spacial score (nSPS) is 15.9. The molecule has 196 valence electrons. The minimum absolute atomic E-state index is 0.109. The first-order valence-corrected chi connectivity index (χ1v) is 13.2. The van der Waals surface area contributed by atoms with Crippen LogP contribution < -0.4 is 24.5 Å². The van der Waals surface area contributed by atoms with E-state index in [0.29, 0.717) is 40.2 Å². The van der Waals surface area contributed by atoms with Crippen molar-refractivity contribution in [3.63, 3.8) is 0 Å². The summed E-state index contributed by atoms with van der Waals surface area (Å²) < 4.78 is 47.9.